The first-order chi connectivity index (χ1) is 9.69. The maximum Gasteiger partial charge on any atom is 0.323 e. The normalized spacial score (nSPS) is 10.2. The van der Waals surface area contributed by atoms with Gasteiger partial charge in [0.15, 0.2) is 0 Å². The van der Waals surface area contributed by atoms with Crippen molar-refractivity contribution in [1.82, 2.24) is 19.9 Å². The van der Waals surface area contributed by atoms with E-state index in [-0.39, 0.29) is 0 Å². The number of nitrogens with one attached hydrogen (secondary N) is 1. The van der Waals surface area contributed by atoms with E-state index >= 15 is 0 Å². The summed E-state index contributed by atoms with van der Waals surface area (Å²) in [5.74, 6) is 1.04. The van der Waals surface area contributed by atoms with E-state index in [0.29, 0.717) is 30.9 Å². The Morgan fingerprint density at radius 3 is 2.70 bits per heavy atom. The molecule has 0 aliphatic heterocycles. The van der Waals surface area contributed by atoms with E-state index in [2.05, 4.69) is 25.3 Å². The van der Waals surface area contributed by atoms with Gasteiger partial charge in [0.05, 0.1) is 6.61 Å². The standard InChI is InChI=1S/C13H18N6O/c1-14-11-16-12(19(2)3)18-13(17-11)20-9-7-10-6-4-5-8-15-10/h4-6,8H,7,9H2,1-3H3,(H,14,16,17,18). The monoisotopic (exact) mass is 274 g/mol. The molecule has 0 saturated carbocycles. The van der Waals surface area contributed by atoms with Crippen LogP contribution in [-0.4, -0.2) is 47.7 Å². The summed E-state index contributed by atoms with van der Waals surface area (Å²) in [7, 11) is 5.49. The fraction of sp³-hybridized carbons (Fsp3) is 0.385. The van der Waals surface area contributed by atoms with Crippen molar-refractivity contribution in [3.05, 3.63) is 30.1 Å². The largest absolute Gasteiger partial charge is 0.463 e. The highest BCUT2D eigenvalue weighted by molar-refractivity contribution is 5.36. The van der Waals surface area contributed by atoms with Crippen LogP contribution in [-0.2, 0) is 6.42 Å². The molecule has 0 amide bonds. The average Bonchev–Trinajstić information content (AvgIpc) is 2.48. The van der Waals surface area contributed by atoms with Crippen LogP contribution in [0.15, 0.2) is 24.4 Å². The Balaban J connectivity index is 2.00. The SMILES string of the molecule is CNc1nc(OCCc2ccccn2)nc(N(C)C)n1. The van der Waals surface area contributed by atoms with E-state index in [4.69, 9.17) is 4.74 Å². The Labute approximate surface area is 118 Å². The Morgan fingerprint density at radius 1 is 1.20 bits per heavy atom. The number of nitrogens with zero attached hydrogens (tertiary/aromatic N) is 5. The Kier molecular flexibility index (Phi) is 4.65. The third-order valence-electron chi connectivity index (χ3n) is 2.54. The van der Waals surface area contributed by atoms with Crippen molar-refractivity contribution in [3.8, 4) is 6.01 Å². The number of pyridine rings is 1. The lowest BCUT2D eigenvalue weighted by Crippen LogP contribution is -2.16. The minimum Gasteiger partial charge on any atom is -0.463 e. The second kappa shape index (κ2) is 6.65. The molecule has 2 rings (SSSR count). The summed E-state index contributed by atoms with van der Waals surface area (Å²) in [5, 5.41) is 2.89. The van der Waals surface area contributed by atoms with Crippen LogP contribution in [0.3, 0.4) is 0 Å². The lowest BCUT2D eigenvalue weighted by molar-refractivity contribution is 0.295. The highest BCUT2D eigenvalue weighted by Crippen LogP contribution is 2.12. The molecule has 2 aromatic rings. The van der Waals surface area contributed by atoms with Crippen LogP contribution >= 0.6 is 0 Å². The molecule has 0 radical (unpaired) electrons. The van der Waals surface area contributed by atoms with Crippen molar-refractivity contribution >= 4 is 11.9 Å². The molecule has 0 aromatic carbocycles. The summed E-state index contributed by atoms with van der Waals surface area (Å²) in [5.41, 5.74) is 0.975. The van der Waals surface area contributed by atoms with E-state index in [1.54, 1.807) is 18.1 Å². The van der Waals surface area contributed by atoms with Gasteiger partial charge < -0.3 is 15.0 Å². The third kappa shape index (κ3) is 3.78. The smallest absolute Gasteiger partial charge is 0.323 e. The molecule has 0 spiro atoms. The van der Waals surface area contributed by atoms with Gasteiger partial charge in [-0.25, -0.2) is 0 Å². The molecule has 0 atom stereocenters. The van der Waals surface area contributed by atoms with Crippen molar-refractivity contribution < 1.29 is 4.74 Å². The molecular formula is C13H18N6O. The van der Waals surface area contributed by atoms with Gasteiger partial charge in [0.25, 0.3) is 0 Å². The van der Waals surface area contributed by atoms with Gasteiger partial charge in [-0.2, -0.15) is 15.0 Å². The van der Waals surface area contributed by atoms with Gasteiger partial charge in [0, 0.05) is 39.5 Å². The maximum absolute atomic E-state index is 5.57. The minimum absolute atomic E-state index is 0.309. The molecular weight excluding hydrogens is 256 g/mol. The van der Waals surface area contributed by atoms with Gasteiger partial charge in [-0.05, 0) is 12.1 Å². The fourth-order valence-electron chi connectivity index (χ4n) is 1.52. The minimum atomic E-state index is 0.309. The zero-order valence-electron chi connectivity index (χ0n) is 11.9. The van der Waals surface area contributed by atoms with E-state index in [0.717, 1.165) is 5.69 Å². The third-order valence-corrected chi connectivity index (χ3v) is 2.54. The Morgan fingerprint density at radius 2 is 2.05 bits per heavy atom. The molecule has 7 nitrogen and oxygen atoms in total. The van der Waals surface area contributed by atoms with Crippen LogP contribution in [0.1, 0.15) is 5.69 Å². The highest BCUT2D eigenvalue weighted by Gasteiger charge is 2.08. The van der Waals surface area contributed by atoms with Crippen molar-refractivity contribution in [2.75, 3.05) is 38.0 Å². The molecule has 0 saturated heterocycles. The summed E-state index contributed by atoms with van der Waals surface area (Å²) >= 11 is 0. The lowest BCUT2D eigenvalue weighted by Gasteiger charge is -2.12. The second-order valence-corrected chi connectivity index (χ2v) is 4.31. The lowest BCUT2D eigenvalue weighted by atomic mass is 10.3. The van der Waals surface area contributed by atoms with Gasteiger partial charge in [0.2, 0.25) is 11.9 Å². The molecule has 2 heterocycles. The van der Waals surface area contributed by atoms with E-state index in [9.17, 15) is 0 Å². The van der Waals surface area contributed by atoms with Crippen LogP contribution in [0.4, 0.5) is 11.9 Å². The quantitative estimate of drug-likeness (QED) is 0.842. The van der Waals surface area contributed by atoms with Crippen molar-refractivity contribution in [2.24, 2.45) is 0 Å². The number of anilines is 2. The van der Waals surface area contributed by atoms with Gasteiger partial charge >= 0.3 is 6.01 Å². The van der Waals surface area contributed by atoms with Crippen LogP contribution in [0.2, 0.25) is 0 Å². The fourth-order valence-corrected chi connectivity index (χ4v) is 1.52. The van der Waals surface area contributed by atoms with E-state index < -0.39 is 0 Å². The molecule has 0 aliphatic rings. The summed E-state index contributed by atoms with van der Waals surface area (Å²) in [6, 6.07) is 6.11. The van der Waals surface area contributed by atoms with Gasteiger partial charge in [-0.1, -0.05) is 6.07 Å². The number of hydrogen-bond donors (Lipinski definition) is 1. The first kappa shape index (κ1) is 14.0. The Bertz CT molecular complexity index is 546. The molecule has 1 N–H and O–H groups in total. The van der Waals surface area contributed by atoms with Crippen molar-refractivity contribution in [3.63, 3.8) is 0 Å². The molecule has 20 heavy (non-hydrogen) atoms. The summed E-state index contributed by atoms with van der Waals surface area (Å²) in [6.45, 7) is 0.469. The van der Waals surface area contributed by atoms with Crippen LogP contribution in [0.5, 0.6) is 6.01 Å². The van der Waals surface area contributed by atoms with Crippen molar-refractivity contribution in [2.45, 2.75) is 6.42 Å². The second-order valence-electron chi connectivity index (χ2n) is 4.31. The number of hydrogen-bond acceptors (Lipinski definition) is 7. The first-order valence-electron chi connectivity index (χ1n) is 6.33. The predicted molar refractivity (Wildman–Crippen MR) is 77.1 cm³/mol. The molecule has 0 unspecified atom stereocenters. The van der Waals surface area contributed by atoms with Gasteiger partial charge in [-0.15, -0.1) is 0 Å². The molecule has 2 aromatic heterocycles. The molecule has 0 fully saturated rings. The molecule has 7 heteroatoms. The van der Waals surface area contributed by atoms with E-state index in [1.165, 1.54) is 0 Å². The maximum atomic E-state index is 5.57. The summed E-state index contributed by atoms with van der Waals surface area (Å²) in [6.07, 6.45) is 2.47. The molecule has 0 bridgehead atoms. The van der Waals surface area contributed by atoms with Gasteiger partial charge in [-0.3, -0.25) is 4.98 Å². The Hall–Kier alpha value is -2.44. The number of ether oxygens (including phenoxy) is 1. The molecule has 0 aliphatic carbocycles. The average molecular weight is 274 g/mol. The number of rotatable bonds is 6. The first-order valence-corrected chi connectivity index (χ1v) is 6.33. The van der Waals surface area contributed by atoms with Crippen LogP contribution in [0, 0.1) is 0 Å². The topological polar surface area (TPSA) is 76.1 Å². The zero-order valence-corrected chi connectivity index (χ0v) is 11.9. The van der Waals surface area contributed by atoms with Crippen LogP contribution < -0.4 is 15.0 Å². The predicted octanol–water partition coefficient (Wildman–Crippen LogP) is 0.996. The summed E-state index contributed by atoms with van der Waals surface area (Å²) in [4.78, 5) is 18.6. The van der Waals surface area contributed by atoms with Crippen molar-refractivity contribution in [1.29, 1.82) is 0 Å². The summed E-state index contributed by atoms with van der Waals surface area (Å²) < 4.78 is 5.57. The van der Waals surface area contributed by atoms with E-state index in [1.807, 2.05) is 32.3 Å². The number of aromatic nitrogens is 4. The van der Waals surface area contributed by atoms with Crippen LogP contribution in [0.25, 0.3) is 0 Å². The molecule has 106 valence electrons. The highest BCUT2D eigenvalue weighted by atomic mass is 16.5. The van der Waals surface area contributed by atoms with Gasteiger partial charge in [0.1, 0.15) is 0 Å². The zero-order chi connectivity index (χ0) is 14.4.